The Morgan fingerprint density at radius 3 is 2.26 bits per heavy atom. The summed E-state index contributed by atoms with van der Waals surface area (Å²) in [7, 11) is 0. The SMILES string of the molecule is CC(C)[C@@](c1ccc2ccccc2c1)(N(C(=O)C1CCCN1)C(=O)[C@H](C)NC(=O)[C@@H](N)CC(N)=O)C1(O)C(=O)CCC1=O. The van der Waals surface area contributed by atoms with E-state index in [2.05, 4.69) is 10.6 Å². The van der Waals surface area contributed by atoms with Crippen molar-refractivity contribution in [2.45, 2.75) is 82.1 Å². The number of aliphatic hydroxyl groups is 1. The quantitative estimate of drug-likeness (QED) is 0.238. The van der Waals surface area contributed by atoms with Gasteiger partial charge in [-0.05, 0) is 54.6 Å². The molecule has 12 heteroatoms. The molecule has 4 amide bonds. The van der Waals surface area contributed by atoms with E-state index in [0.717, 1.165) is 10.3 Å². The van der Waals surface area contributed by atoms with E-state index in [1.54, 1.807) is 38.1 Å². The number of fused-ring (bicyclic) bond motifs is 1. The summed E-state index contributed by atoms with van der Waals surface area (Å²) in [5.74, 6) is -5.85. The minimum atomic E-state index is -2.76. The lowest BCUT2D eigenvalue weighted by atomic mass is 9.64. The van der Waals surface area contributed by atoms with Crippen molar-refractivity contribution in [2.75, 3.05) is 6.54 Å². The number of rotatable bonds is 10. The predicted octanol–water partition coefficient (Wildman–Crippen LogP) is 0.169. The van der Waals surface area contributed by atoms with Gasteiger partial charge in [0.05, 0.1) is 18.5 Å². The Kier molecular flexibility index (Phi) is 9.14. The van der Waals surface area contributed by atoms with Crippen LogP contribution in [0.15, 0.2) is 42.5 Å². The first kappa shape index (κ1) is 31.9. The largest absolute Gasteiger partial charge is 0.372 e. The molecular weight excluding hydrogens is 554 g/mol. The van der Waals surface area contributed by atoms with Gasteiger partial charge in [-0.25, -0.2) is 0 Å². The van der Waals surface area contributed by atoms with Gasteiger partial charge in [0.2, 0.25) is 23.3 Å². The first-order valence-electron chi connectivity index (χ1n) is 14.5. The molecule has 2 fully saturated rings. The van der Waals surface area contributed by atoms with Gasteiger partial charge < -0.3 is 27.2 Å². The summed E-state index contributed by atoms with van der Waals surface area (Å²) >= 11 is 0. The number of nitrogens with one attached hydrogen (secondary N) is 2. The van der Waals surface area contributed by atoms with Gasteiger partial charge in [0, 0.05) is 12.8 Å². The summed E-state index contributed by atoms with van der Waals surface area (Å²) in [6.07, 6.45) is 0.0167. The normalized spacial score (nSPS) is 20.9. The van der Waals surface area contributed by atoms with Crippen molar-refractivity contribution in [1.82, 2.24) is 15.5 Å². The van der Waals surface area contributed by atoms with E-state index in [-0.39, 0.29) is 18.4 Å². The van der Waals surface area contributed by atoms with Crippen LogP contribution in [-0.2, 0) is 34.3 Å². The standard InChI is InChI=1S/C31H39N5O7/c1-17(2)30(31(43)24(37)12-13-25(31)38,21-11-10-19-7-4-5-8-20(19)15-21)36(29(42)23-9-6-14-34-23)28(41)18(3)35-27(40)22(32)16-26(33)39/h4-5,7-8,10-11,15,17-18,22-23,34,43H,6,9,12-14,16,32H2,1-3H3,(H2,33,39)(H,35,40)/t18-,22-,23?,30-/m0/s1. The molecule has 7 N–H and O–H groups in total. The van der Waals surface area contributed by atoms with Crippen LogP contribution in [0.5, 0.6) is 0 Å². The molecule has 1 heterocycles. The summed E-state index contributed by atoms with van der Waals surface area (Å²) in [5.41, 5.74) is 6.23. The molecule has 43 heavy (non-hydrogen) atoms. The molecule has 4 rings (SSSR count). The number of hydrogen-bond acceptors (Lipinski definition) is 9. The van der Waals surface area contributed by atoms with Crippen LogP contribution in [0.25, 0.3) is 10.8 Å². The molecule has 2 aliphatic rings. The predicted molar refractivity (Wildman–Crippen MR) is 157 cm³/mol. The lowest BCUT2D eigenvalue weighted by molar-refractivity contribution is -0.185. The van der Waals surface area contributed by atoms with E-state index in [1.807, 2.05) is 18.2 Å². The molecular formula is C31H39N5O7. The van der Waals surface area contributed by atoms with Crippen LogP contribution < -0.4 is 22.1 Å². The fraction of sp³-hybridized carbons (Fsp3) is 0.484. The van der Waals surface area contributed by atoms with Crippen LogP contribution in [0.4, 0.5) is 0 Å². The molecule has 0 aromatic heterocycles. The zero-order valence-electron chi connectivity index (χ0n) is 24.6. The van der Waals surface area contributed by atoms with Crippen molar-refractivity contribution < 1.29 is 33.9 Å². The van der Waals surface area contributed by atoms with Crippen molar-refractivity contribution in [3.63, 3.8) is 0 Å². The minimum Gasteiger partial charge on any atom is -0.372 e. The average Bonchev–Trinajstić information content (AvgIpc) is 3.60. The minimum absolute atomic E-state index is 0.218. The molecule has 1 saturated heterocycles. The van der Waals surface area contributed by atoms with Gasteiger partial charge >= 0.3 is 0 Å². The summed E-state index contributed by atoms with van der Waals surface area (Å²) in [4.78, 5) is 81.2. The van der Waals surface area contributed by atoms with E-state index in [0.29, 0.717) is 24.8 Å². The van der Waals surface area contributed by atoms with Crippen LogP contribution in [0.2, 0.25) is 0 Å². The third kappa shape index (κ3) is 5.46. The number of imide groups is 1. The zero-order chi connectivity index (χ0) is 31.7. The van der Waals surface area contributed by atoms with Crippen molar-refractivity contribution in [3.05, 3.63) is 48.0 Å². The molecule has 1 aliphatic heterocycles. The van der Waals surface area contributed by atoms with Crippen LogP contribution >= 0.6 is 0 Å². The van der Waals surface area contributed by atoms with Crippen molar-refractivity contribution >= 4 is 46.0 Å². The van der Waals surface area contributed by atoms with Gasteiger partial charge in [0.15, 0.2) is 11.6 Å². The number of nitrogens with two attached hydrogens (primary N) is 2. The Morgan fingerprint density at radius 2 is 1.70 bits per heavy atom. The monoisotopic (exact) mass is 593 g/mol. The molecule has 0 spiro atoms. The smallest absolute Gasteiger partial charge is 0.252 e. The fourth-order valence-corrected chi connectivity index (χ4v) is 6.50. The summed E-state index contributed by atoms with van der Waals surface area (Å²) in [6.45, 7) is 5.09. The van der Waals surface area contributed by atoms with Crippen LogP contribution in [-0.4, -0.2) is 75.5 Å². The molecule has 1 unspecified atom stereocenters. The molecule has 2 aromatic rings. The van der Waals surface area contributed by atoms with Crippen molar-refractivity contribution in [3.8, 4) is 0 Å². The van der Waals surface area contributed by atoms with E-state index in [9.17, 15) is 33.9 Å². The molecule has 230 valence electrons. The average molecular weight is 594 g/mol. The Morgan fingerprint density at radius 1 is 1.07 bits per heavy atom. The van der Waals surface area contributed by atoms with E-state index < -0.39 is 76.8 Å². The lowest BCUT2D eigenvalue weighted by Crippen LogP contribution is -2.74. The maximum Gasteiger partial charge on any atom is 0.252 e. The summed E-state index contributed by atoms with van der Waals surface area (Å²) < 4.78 is 0. The van der Waals surface area contributed by atoms with E-state index >= 15 is 0 Å². The molecule has 1 aliphatic carbocycles. The molecule has 1 saturated carbocycles. The molecule has 0 bridgehead atoms. The number of carbonyl (C=O) groups is 6. The Labute approximate surface area is 249 Å². The second-order valence-electron chi connectivity index (χ2n) is 11.7. The fourth-order valence-electron chi connectivity index (χ4n) is 6.50. The maximum absolute atomic E-state index is 14.5. The van der Waals surface area contributed by atoms with Gasteiger partial charge in [-0.1, -0.05) is 50.2 Å². The highest BCUT2D eigenvalue weighted by Crippen LogP contribution is 2.50. The zero-order valence-corrected chi connectivity index (χ0v) is 24.6. The van der Waals surface area contributed by atoms with Gasteiger partial charge in [-0.15, -0.1) is 0 Å². The van der Waals surface area contributed by atoms with E-state index in [4.69, 9.17) is 11.5 Å². The number of primary amides is 1. The number of amides is 4. The molecule has 12 nitrogen and oxygen atoms in total. The highest BCUT2D eigenvalue weighted by Gasteiger charge is 2.69. The van der Waals surface area contributed by atoms with Gasteiger partial charge in [-0.2, -0.15) is 0 Å². The highest BCUT2D eigenvalue weighted by atomic mass is 16.3. The van der Waals surface area contributed by atoms with Gasteiger partial charge in [0.1, 0.15) is 11.6 Å². The van der Waals surface area contributed by atoms with Crippen molar-refractivity contribution in [1.29, 1.82) is 0 Å². The number of carbonyl (C=O) groups excluding carboxylic acids is 6. The number of nitrogens with zero attached hydrogens (tertiary/aromatic N) is 1. The van der Waals surface area contributed by atoms with Crippen molar-refractivity contribution in [2.24, 2.45) is 17.4 Å². The molecule has 4 atom stereocenters. The lowest BCUT2D eigenvalue weighted by Gasteiger charge is -2.53. The van der Waals surface area contributed by atoms with Crippen LogP contribution in [0, 0.1) is 5.92 Å². The third-order valence-electron chi connectivity index (χ3n) is 8.60. The second kappa shape index (κ2) is 12.3. The van der Waals surface area contributed by atoms with Gasteiger partial charge in [0.25, 0.3) is 5.91 Å². The second-order valence-corrected chi connectivity index (χ2v) is 11.7. The Balaban J connectivity index is 1.98. The number of benzene rings is 2. The first-order chi connectivity index (χ1) is 20.3. The Bertz CT molecular complexity index is 1450. The maximum atomic E-state index is 14.5. The number of hydrogen-bond donors (Lipinski definition) is 5. The number of ketones is 2. The topological polar surface area (TPSA) is 202 Å². The van der Waals surface area contributed by atoms with E-state index in [1.165, 1.54) is 6.92 Å². The highest BCUT2D eigenvalue weighted by molar-refractivity contribution is 6.19. The molecule has 2 aromatic carbocycles. The third-order valence-corrected chi connectivity index (χ3v) is 8.60. The summed E-state index contributed by atoms with van der Waals surface area (Å²) in [6, 6.07) is 8.72. The van der Waals surface area contributed by atoms with Crippen LogP contribution in [0.1, 0.15) is 58.4 Å². The number of Topliss-reactive ketones (excluding diaryl/α,β-unsaturated/α-hetero) is 2. The molecule has 0 radical (unpaired) electrons. The summed E-state index contributed by atoms with van der Waals surface area (Å²) in [5, 5.41) is 19.4. The Hall–Kier alpha value is -4.00. The van der Waals surface area contributed by atoms with Gasteiger partial charge in [-0.3, -0.25) is 33.7 Å². The first-order valence-corrected chi connectivity index (χ1v) is 14.5. The van der Waals surface area contributed by atoms with Crippen LogP contribution in [0.3, 0.4) is 0 Å².